The summed E-state index contributed by atoms with van der Waals surface area (Å²) in [4.78, 5) is 0.859. The molecule has 4 heteroatoms. The van der Waals surface area contributed by atoms with Crippen LogP contribution in [0.3, 0.4) is 0 Å². The summed E-state index contributed by atoms with van der Waals surface area (Å²) >= 11 is 0. The normalized spacial score (nSPS) is 15.7. The molecule has 2 aromatic rings. The minimum Gasteiger partial charge on any atom is -0.317 e. The highest BCUT2D eigenvalue weighted by Crippen LogP contribution is 2.18. The van der Waals surface area contributed by atoms with Crippen molar-refractivity contribution < 1.29 is 4.21 Å². The molecular weight excluding hydrogens is 316 g/mol. The maximum Gasteiger partial charge on any atom is 0.124 e. The third kappa shape index (κ3) is 6.34. The van der Waals surface area contributed by atoms with Crippen molar-refractivity contribution in [3.05, 3.63) is 42.5 Å². The summed E-state index contributed by atoms with van der Waals surface area (Å²) < 4.78 is 15.5. The molecule has 24 heavy (non-hydrogen) atoms. The summed E-state index contributed by atoms with van der Waals surface area (Å²) in [6.07, 6.45) is 2.34. The fourth-order valence-electron chi connectivity index (χ4n) is 2.65. The van der Waals surface area contributed by atoms with Crippen LogP contribution in [0.15, 0.2) is 47.4 Å². The minimum atomic E-state index is -1.11. The van der Waals surface area contributed by atoms with Gasteiger partial charge in [0.15, 0.2) is 0 Å². The van der Waals surface area contributed by atoms with Gasteiger partial charge < -0.3 is 5.32 Å². The summed E-state index contributed by atoms with van der Waals surface area (Å²) in [6, 6.07) is 14.2. The smallest absolute Gasteiger partial charge is 0.124 e. The number of piperidine rings is 1. The van der Waals surface area contributed by atoms with Gasteiger partial charge in [-0.25, -0.2) is 8.93 Å². The molecule has 0 aliphatic carbocycles. The molecule has 0 saturated carbocycles. The molecule has 0 bridgehead atoms. The van der Waals surface area contributed by atoms with Gasteiger partial charge >= 0.3 is 0 Å². The van der Waals surface area contributed by atoms with Crippen LogP contribution in [0.5, 0.6) is 0 Å². The van der Waals surface area contributed by atoms with Gasteiger partial charge in [-0.15, -0.1) is 0 Å². The highest BCUT2D eigenvalue weighted by atomic mass is 32.2. The van der Waals surface area contributed by atoms with Gasteiger partial charge in [0.25, 0.3) is 0 Å². The Morgan fingerprint density at radius 2 is 1.62 bits per heavy atom. The molecule has 0 spiro atoms. The van der Waals surface area contributed by atoms with Crippen LogP contribution >= 0.6 is 0 Å². The number of benzene rings is 2. The van der Waals surface area contributed by atoms with Gasteiger partial charge in [-0.2, -0.15) is 0 Å². The zero-order valence-corrected chi connectivity index (χ0v) is 16.3. The standard InChI is InChI=1S/C16H20N2OS.2C2H6/c19-20(18-12-13-7-9-17-10-8-13)16-6-5-14-3-1-2-4-15(14)11-16;2*1-2/h1-6,11,13,17-18H,7-10,12H2;2*1-2H3. The molecular formula is C20H32N2OS. The Hall–Kier alpha value is -1.23. The van der Waals surface area contributed by atoms with Crippen molar-refractivity contribution in [2.75, 3.05) is 19.6 Å². The Balaban J connectivity index is 0.000000671. The molecule has 134 valence electrons. The third-order valence-electron chi connectivity index (χ3n) is 3.90. The Bertz CT molecular complexity index is 609. The molecule has 0 radical (unpaired) electrons. The van der Waals surface area contributed by atoms with Crippen LogP contribution in [-0.2, 0) is 11.0 Å². The molecule has 1 aliphatic rings. The van der Waals surface area contributed by atoms with Crippen molar-refractivity contribution in [2.45, 2.75) is 45.4 Å². The molecule has 1 fully saturated rings. The van der Waals surface area contributed by atoms with E-state index in [0.717, 1.165) is 29.9 Å². The fourth-order valence-corrected chi connectivity index (χ4v) is 3.62. The van der Waals surface area contributed by atoms with Crippen LogP contribution in [0.1, 0.15) is 40.5 Å². The van der Waals surface area contributed by atoms with Crippen molar-refractivity contribution in [1.82, 2.24) is 10.0 Å². The maximum atomic E-state index is 12.3. The molecule has 0 aromatic heterocycles. The monoisotopic (exact) mass is 348 g/mol. The van der Waals surface area contributed by atoms with Gasteiger partial charge in [0, 0.05) is 6.54 Å². The Morgan fingerprint density at radius 1 is 1.00 bits per heavy atom. The zero-order valence-electron chi connectivity index (χ0n) is 15.5. The highest BCUT2D eigenvalue weighted by Gasteiger charge is 2.14. The van der Waals surface area contributed by atoms with Crippen LogP contribution < -0.4 is 10.0 Å². The van der Waals surface area contributed by atoms with Crippen molar-refractivity contribution in [1.29, 1.82) is 0 Å². The quantitative estimate of drug-likeness (QED) is 0.854. The lowest BCUT2D eigenvalue weighted by atomic mass is 9.99. The van der Waals surface area contributed by atoms with Crippen LogP contribution in [0.25, 0.3) is 10.8 Å². The Morgan fingerprint density at radius 3 is 2.29 bits per heavy atom. The first-order valence-electron chi connectivity index (χ1n) is 9.18. The molecule has 2 aromatic carbocycles. The predicted molar refractivity (Wildman–Crippen MR) is 107 cm³/mol. The second-order valence-corrected chi connectivity index (χ2v) is 6.62. The van der Waals surface area contributed by atoms with Gasteiger partial charge in [-0.05, 0) is 54.8 Å². The number of hydrogen-bond donors (Lipinski definition) is 2. The second-order valence-electron chi connectivity index (χ2n) is 5.32. The third-order valence-corrected chi connectivity index (χ3v) is 5.01. The average Bonchev–Trinajstić information content (AvgIpc) is 2.69. The SMILES string of the molecule is CC.CC.O=S(NCC1CCNCC1)c1ccc2ccccc2c1. The van der Waals surface area contributed by atoms with Gasteiger partial charge in [-0.1, -0.05) is 58.0 Å². The molecule has 1 aliphatic heterocycles. The molecule has 1 heterocycles. The van der Waals surface area contributed by atoms with Crippen molar-refractivity contribution in [2.24, 2.45) is 5.92 Å². The van der Waals surface area contributed by atoms with Gasteiger partial charge in [0.1, 0.15) is 11.0 Å². The van der Waals surface area contributed by atoms with Crippen molar-refractivity contribution in [3.8, 4) is 0 Å². The van der Waals surface area contributed by atoms with E-state index in [1.807, 2.05) is 58.0 Å². The summed E-state index contributed by atoms with van der Waals surface area (Å²) in [5.74, 6) is 0.639. The molecule has 1 atom stereocenters. The van der Waals surface area contributed by atoms with E-state index in [-0.39, 0.29) is 0 Å². The average molecular weight is 349 g/mol. The first kappa shape index (κ1) is 20.8. The maximum absolute atomic E-state index is 12.3. The van der Waals surface area contributed by atoms with E-state index in [2.05, 4.69) is 22.2 Å². The number of hydrogen-bond acceptors (Lipinski definition) is 2. The summed E-state index contributed by atoms with van der Waals surface area (Å²) in [7, 11) is -1.11. The zero-order chi connectivity index (χ0) is 17.8. The van der Waals surface area contributed by atoms with E-state index in [0.29, 0.717) is 5.92 Å². The van der Waals surface area contributed by atoms with E-state index in [4.69, 9.17) is 0 Å². The highest BCUT2D eigenvalue weighted by molar-refractivity contribution is 7.83. The van der Waals surface area contributed by atoms with Crippen LogP contribution in [0, 0.1) is 5.92 Å². The second kappa shape index (κ2) is 12.2. The number of fused-ring (bicyclic) bond motifs is 1. The molecule has 1 saturated heterocycles. The van der Waals surface area contributed by atoms with Crippen molar-refractivity contribution in [3.63, 3.8) is 0 Å². The summed E-state index contributed by atoms with van der Waals surface area (Å²) in [5, 5.41) is 5.68. The van der Waals surface area contributed by atoms with E-state index in [1.165, 1.54) is 18.2 Å². The summed E-state index contributed by atoms with van der Waals surface area (Å²) in [6.45, 7) is 11.0. The predicted octanol–water partition coefficient (Wildman–Crippen LogP) is 4.50. The molecule has 3 rings (SSSR count). The molecule has 1 unspecified atom stereocenters. The number of nitrogens with one attached hydrogen (secondary N) is 2. The summed E-state index contributed by atoms with van der Waals surface area (Å²) in [5.41, 5.74) is 0. The Labute approximate surface area is 149 Å². The lowest BCUT2D eigenvalue weighted by Crippen LogP contribution is -2.34. The fraction of sp³-hybridized carbons (Fsp3) is 0.500. The van der Waals surface area contributed by atoms with Gasteiger partial charge in [0.2, 0.25) is 0 Å². The van der Waals surface area contributed by atoms with Crippen LogP contribution in [0.2, 0.25) is 0 Å². The van der Waals surface area contributed by atoms with Crippen molar-refractivity contribution >= 4 is 21.8 Å². The Kier molecular flexibility index (Phi) is 10.6. The molecule has 2 N–H and O–H groups in total. The minimum absolute atomic E-state index is 0.639. The molecule has 0 amide bonds. The van der Waals surface area contributed by atoms with E-state index >= 15 is 0 Å². The topological polar surface area (TPSA) is 41.1 Å². The van der Waals surface area contributed by atoms with Crippen LogP contribution in [0.4, 0.5) is 0 Å². The van der Waals surface area contributed by atoms with E-state index < -0.39 is 11.0 Å². The number of rotatable bonds is 4. The van der Waals surface area contributed by atoms with E-state index in [1.54, 1.807) is 0 Å². The first-order chi connectivity index (χ1) is 11.8. The van der Waals surface area contributed by atoms with Crippen LogP contribution in [-0.4, -0.2) is 23.8 Å². The molecule has 3 nitrogen and oxygen atoms in total. The lowest BCUT2D eigenvalue weighted by Gasteiger charge is -2.22. The first-order valence-corrected chi connectivity index (χ1v) is 10.3. The van der Waals surface area contributed by atoms with Gasteiger partial charge in [0.05, 0.1) is 4.90 Å². The van der Waals surface area contributed by atoms with Gasteiger partial charge in [-0.3, -0.25) is 0 Å². The largest absolute Gasteiger partial charge is 0.317 e. The lowest BCUT2D eigenvalue weighted by molar-refractivity contribution is 0.374. The van der Waals surface area contributed by atoms with E-state index in [9.17, 15) is 4.21 Å².